The minimum Gasteiger partial charge on any atom is -0.379 e. The van der Waals surface area contributed by atoms with Crippen LogP contribution in [0.15, 0.2) is 0 Å². The van der Waals surface area contributed by atoms with E-state index in [0.29, 0.717) is 6.61 Å². The Morgan fingerprint density at radius 3 is 2.73 bits per heavy atom. The van der Waals surface area contributed by atoms with Crippen LogP contribution in [-0.2, 0) is 9.57 Å². The van der Waals surface area contributed by atoms with Crippen LogP contribution in [0.1, 0.15) is 0 Å². The van der Waals surface area contributed by atoms with Crippen LogP contribution in [0.25, 0.3) is 0 Å². The number of hydrogen-bond donors (Lipinski definition) is 1. The topological polar surface area (TPSA) is 54.0 Å². The molecule has 1 rings (SSSR count). The fraction of sp³-hybridized carbons (Fsp3) is 0.889. The Kier molecular flexibility index (Phi) is 5.38. The van der Waals surface area contributed by atoms with Gasteiger partial charge in [0, 0.05) is 33.7 Å². The highest BCUT2D eigenvalue weighted by Crippen LogP contribution is 1.95. The molecular weight excluding hydrogens is 198 g/mol. The Bertz CT molecular complexity index is 193. The molecule has 15 heavy (non-hydrogen) atoms. The summed E-state index contributed by atoms with van der Waals surface area (Å²) in [6.45, 7) is 4.75. The van der Waals surface area contributed by atoms with E-state index in [-0.39, 0.29) is 6.03 Å². The highest BCUT2D eigenvalue weighted by atomic mass is 16.7. The fourth-order valence-electron chi connectivity index (χ4n) is 1.20. The van der Waals surface area contributed by atoms with Gasteiger partial charge < -0.3 is 9.64 Å². The predicted molar refractivity (Wildman–Crippen MR) is 55.4 cm³/mol. The van der Waals surface area contributed by atoms with E-state index in [4.69, 9.17) is 9.57 Å². The van der Waals surface area contributed by atoms with E-state index in [1.54, 1.807) is 14.1 Å². The Morgan fingerprint density at radius 2 is 2.13 bits per heavy atom. The molecule has 0 aromatic carbocycles. The Labute approximate surface area is 90.1 Å². The molecule has 1 saturated heterocycles. The molecule has 0 aromatic heterocycles. The van der Waals surface area contributed by atoms with Gasteiger partial charge in [-0.3, -0.25) is 9.74 Å². The lowest BCUT2D eigenvalue weighted by Crippen LogP contribution is -2.40. The minimum absolute atomic E-state index is 0.239. The Balaban J connectivity index is 1.98. The molecule has 0 spiro atoms. The standard InChI is InChI=1S/C9H19N3O3/c1-11(2)9(13)10-15-8-5-12-3-6-14-7-4-12/h3-8H2,1-2H3,(H,10,13). The molecule has 1 N–H and O–H groups in total. The van der Waals surface area contributed by atoms with Crippen molar-refractivity contribution >= 4 is 6.03 Å². The van der Waals surface area contributed by atoms with Crippen molar-refractivity contribution < 1.29 is 14.4 Å². The first-order chi connectivity index (χ1) is 7.20. The number of carbonyl (C=O) groups is 1. The lowest BCUT2D eigenvalue weighted by molar-refractivity contribution is 0.00257. The van der Waals surface area contributed by atoms with Gasteiger partial charge in [-0.25, -0.2) is 10.3 Å². The number of urea groups is 1. The number of carbonyl (C=O) groups excluding carboxylic acids is 1. The molecule has 6 heteroatoms. The van der Waals surface area contributed by atoms with E-state index < -0.39 is 0 Å². The van der Waals surface area contributed by atoms with E-state index in [9.17, 15) is 4.79 Å². The first-order valence-electron chi connectivity index (χ1n) is 5.09. The molecule has 2 amide bonds. The van der Waals surface area contributed by atoms with Crippen molar-refractivity contribution in [3.05, 3.63) is 0 Å². The predicted octanol–water partition coefficient (Wildman–Crippen LogP) is -0.479. The maximum Gasteiger partial charge on any atom is 0.340 e. The minimum atomic E-state index is -0.239. The van der Waals surface area contributed by atoms with Gasteiger partial charge in [-0.1, -0.05) is 0 Å². The van der Waals surface area contributed by atoms with Gasteiger partial charge in [0.15, 0.2) is 0 Å². The summed E-state index contributed by atoms with van der Waals surface area (Å²) in [5.41, 5.74) is 2.35. The molecule has 0 radical (unpaired) electrons. The van der Waals surface area contributed by atoms with Crippen molar-refractivity contribution in [2.24, 2.45) is 0 Å². The largest absolute Gasteiger partial charge is 0.379 e. The van der Waals surface area contributed by atoms with Gasteiger partial charge in [-0.2, -0.15) is 0 Å². The van der Waals surface area contributed by atoms with Gasteiger partial charge in [0.25, 0.3) is 0 Å². The normalized spacial score (nSPS) is 17.5. The van der Waals surface area contributed by atoms with Crippen LogP contribution in [0.5, 0.6) is 0 Å². The maximum absolute atomic E-state index is 11.1. The SMILES string of the molecule is CN(C)C(=O)NOCCN1CCOCC1. The van der Waals surface area contributed by atoms with E-state index in [1.807, 2.05) is 0 Å². The van der Waals surface area contributed by atoms with Crippen LogP contribution in [0, 0.1) is 0 Å². The first-order valence-corrected chi connectivity index (χ1v) is 5.09. The molecule has 0 bridgehead atoms. The molecule has 0 saturated carbocycles. The van der Waals surface area contributed by atoms with E-state index >= 15 is 0 Å². The van der Waals surface area contributed by atoms with E-state index in [0.717, 1.165) is 32.8 Å². The van der Waals surface area contributed by atoms with Gasteiger partial charge >= 0.3 is 6.03 Å². The number of hydroxylamine groups is 1. The average molecular weight is 217 g/mol. The third-order valence-corrected chi connectivity index (χ3v) is 2.18. The Morgan fingerprint density at radius 1 is 1.47 bits per heavy atom. The van der Waals surface area contributed by atoms with Crippen LogP contribution in [0.4, 0.5) is 4.79 Å². The van der Waals surface area contributed by atoms with Crippen LogP contribution < -0.4 is 5.48 Å². The summed E-state index contributed by atoms with van der Waals surface area (Å²) >= 11 is 0. The summed E-state index contributed by atoms with van der Waals surface area (Å²) in [7, 11) is 3.33. The lowest BCUT2D eigenvalue weighted by Gasteiger charge is -2.26. The third kappa shape index (κ3) is 4.96. The summed E-state index contributed by atoms with van der Waals surface area (Å²) in [4.78, 5) is 19.8. The zero-order valence-corrected chi connectivity index (χ0v) is 9.36. The number of ether oxygens (including phenoxy) is 1. The second kappa shape index (κ2) is 6.60. The van der Waals surface area contributed by atoms with E-state index in [2.05, 4.69) is 10.4 Å². The molecule has 0 atom stereocenters. The molecule has 0 aromatic rings. The van der Waals surface area contributed by atoms with Crippen molar-refractivity contribution in [1.29, 1.82) is 0 Å². The molecule has 1 heterocycles. The number of nitrogens with zero attached hydrogens (tertiary/aromatic N) is 2. The second-order valence-electron chi connectivity index (χ2n) is 3.60. The maximum atomic E-state index is 11.1. The molecule has 0 aliphatic carbocycles. The van der Waals surface area contributed by atoms with Crippen molar-refractivity contribution in [3.8, 4) is 0 Å². The molecular formula is C9H19N3O3. The number of nitrogens with one attached hydrogen (secondary N) is 1. The summed E-state index contributed by atoms with van der Waals surface area (Å²) in [6, 6.07) is -0.239. The highest BCUT2D eigenvalue weighted by Gasteiger charge is 2.09. The van der Waals surface area contributed by atoms with Crippen LogP contribution >= 0.6 is 0 Å². The smallest absolute Gasteiger partial charge is 0.340 e. The zero-order valence-electron chi connectivity index (χ0n) is 9.36. The van der Waals surface area contributed by atoms with Crippen molar-refractivity contribution in [1.82, 2.24) is 15.3 Å². The van der Waals surface area contributed by atoms with Crippen LogP contribution in [0.3, 0.4) is 0 Å². The number of morpholine rings is 1. The number of hydrogen-bond acceptors (Lipinski definition) is 4. The number of rotatable bonds is 4. The fourth-order valence-corrected chi connectivity index (χ4v) is 1.20. The average Bonchev–Trinajstić information content (AvgIpc) is 2.25. The Hall–Kier alpha value is -0.850. The summed E-state index contributed by atoms with van der Waals surface area (Å²) in [5, 5.41) is 0. The van der Waals surface area contributed by atoms with Gasteiger partial charge in [0.1, 0.15) is 0 Å². The van der Waals surface area contributed by atoms with Gasteiger partial charge in [-0.15, -0.1) is 0 Å². The lowest BCUT2D eigenvalue weighted by atomic mass is 10.4. The second-order valence-corrected chi connectivity index (χ2v) is 3.60. The van der Waals surface area contributed by atoms with Gasteiger partial charge in [-0.05, 0) is 0 Å². The molecule has 1 aliphatic heterocycles. The third-order valence-electron chi connectivity index (χ3n) is 2.18. The molecule has 88 valence electrons. The van der Waals surface area contributed by atoms with Crippen molar-refractivity contribution in [2.45, 2.75) is 0 Å². The molecule has 0 unspecified atom stereocenters. The monoisotopic (exact) mass is 217 g/mol. The molecule has 1 fully saturated rings. The van der Waals surface area contributed by atoms with Gasteiger partial charge in [0.2, 0.25) is 0 Å². The summed E-state index contributed by atoms with van der Waals surface area (Å²) < 4.78 is 5.22. The van der Waals surface area contributed by atoms with E-state index in [1.165, 1.54) is 4.90 Å². The summed E-state index contributed by atoms with van der Waals surface area (Å²) in [5.74, 6) is 0. The molecule has 1 aliphatic rings. The summed E-state index contributed by atoms with van der Waals surface area (Å²) in [6.07, 6.45) is 0. The van der Waals surface area contributed by atoms with Crippen molar-refractivity contribution in [3.63, 3.8) is 0 Å². The zero-order chi connectivity index (χ0) is 11.1. The van der Waals surface area contributed by atoms with Gasteiger partial charge in [0.05, 0.1) is 19.8 Å². The van der Waals surface area contributed by atoms with Crippen LogP contribution in [0.2, 0.25) is 0 Å². The molecule has 6 nitrogen and oxygen atoms in total. The van der Waals surface area contributed by atoms with Crippen LogP contribution in [-0.4, -0.2) is 69.4 Å². The van der Waals surface area contributed by atoms with Crippen molar-refractivity contribution in [2.75, 3.05) is 53.6 Å². The highest BCUT2D eigenvalue weighted by molar-refractivity contribution is 5.72. The first kappa shape index (κ1) is 12.2. The number of amides is 2. The quantitative estimate of drug-likeness (QED) is 0.510.